The van der Waals surface area contributed by atoms with Gasteiger partial charge >= 0.3 is 5.97 Å². The Morgan fingerprint density at radius 2 is 1.37 bits per heavy atom. The maximum atomic E-state index is 13.1. The summed E-state index contributed by atoms with van der Waals surface area (Å²) in [5, 5.41) is 2.87. The highest BCUT2D eigenvalue weighted by Crippen LogP contribution is 2.45. The molecule has 4 rings (SSSR count). The summed E-state index contributed by atoms with van der Waals surface area (Å²) >= 11 is 0. The van der Waals surface area contributed by atoms with Gasteiger partial charge in [-0.05, 0) is 22.6 Å². The van der Waals surface area contributed by atoms with Gasteiger partial charge < -0.3 is 10.1 Å². The van der Waals surface area contributed by atoms with E-state index in [1.807, 2.05) is 92.7 Å². The first-order valence-electron chi connectivity index (χ1n) is 10.3. The number of hydrogen-bond donors (Lipinski definition) is 1. The molecule has 0 heterocycles. The van der Waals surface area contributed by atoms with Crippen molar-refractivity contribution in [3.63, 3.8) is 0 Å². The van der Waals surface area contributed by atoms with E-state index >= 15 is 0 Å². The first-order chi connectivity index (χ1) is 14.5. The minimum absolute atomic E-state index is 0.0934. The van der Waals surface area contributed by atoms with Crippen molar-refractivity contribution in [2.75, 3.05) is 0 Å². The fraction of sp³-hybridized carbons (Fsp3) is 0.231. The fourth-order valence-corrected chi connectivity index (χ4v) is 3.93. The molecule has 0 bridgehead atoms. The normalized spacial score (nSPS) is 13.4. The van der Waals surface area contributed by atoms with Gasteiger partial charge in [-0.1, -0.05) is 92.7 Å². The number of fused-ring (bicyclic) bond motifs is 3. The van der Waals surface area contributed by atoms with Crippen LogP contribution < -0.4 is 5.32 Å². The third-order valence-corrected chi connectivity index (χ3v) is 5.46. The van der Waals surface area contributed by atoms with Crippen molar-refractivity contribution in [1.29, 1.82) is 0 Å². The van der Waals surface area contributed by atoms with Gasteiger partial charge in [-0.3, -0.25) is 4.79 Å². The zero-order valence-corrected chi connectivity index (χ0v) is 17.2. The molecule has 30 heavy (non-hydrogen) atoms. The minimum Gasteiger partial charge on any atom is -0.451 e. The molecule has 1 N–H and O–H groups in total. The molecule has 0 aromatic heterocycles. The summed E-state index contributed by atoms with van der Waals surface area (Å²) in [5.74, 6) is -0.698. The Balaban J connectivity index is 1.52. The monoisotopic (exact) mass is 399 g/mol. The Morgan fingerprint density at radius 1 is 0.833 bits per heavy atom. The summed E-state index contributed by atoms with van der Waals surface area (Å²) in [6.45, 7) is 3.82. The summed E-state index contributed by atoms with van der Waals surface area (Å²) in [6.07, 6.45) is -0.232. The number of amides is 1. The first-order valence-corrected chi connectivity index (χ1v) is 10.3. The van der Waals surface area contributed by atoms with Crippen LogP contribution in [0.25, 0.3) is 11.1 Å². The Labute approximate surface area is 176 Å². The zero-order valence-electron chi connectivity index (χ0n) is 17.2. The lowest BCUT2D eigenvalue weighted by atomic mass is 10.0. The third-order valence-electron chi connectivity index (χ3n) is 5.46. The van der Waals surface area contributed by atoms with Gasteiger partial charge in [0.25, 0.3) is 0 Å². The summed E-state index contributed by atoms with van der Waals surface area (Å²) in [6, 6.07) is 24.7. The van der Waals surface area contributed by atoms with Crippen LogP contribution in [0.5, 0.6) is 0 Å². The molecule has 0 radical (unpaired) electrons. The maximum Gasteiger partial charge on any atom is 0.329 e. The van der Waals surface area contributed by atoms with Crippen molar-refractivity contribution in [2.45, 2.75) is 32.4 Å². The Bertz CT molecular complexity index is 1010. The van der Waals surface area contributed by atoms with E-state index in [2.05, 4.69) is 5.32 Å². The van der Waals surface area contributed by atoms with Gasteiger partial charge in [0.15, 0.2) is 6.10 Å². The molecule has 1 atom stereocenters. The van der Waals surface area contributed by atoms with Gasteiger partial charge in [0, 0.05) is 11.1 Å². The molecule has 0 fully saturated rings. The van der Waals surface area contributed by atoms with Gasteiger partial charge in [-0.25, -0.2) is 4.79 Å². The molecular weight excluding hydrogens is 374 g/mol. The second kappa shape index (κ2) is 8.54. The lowest BCUT2D eigenvalue weighted by Gasteiger charge is -2.24. The summed E-state index contributed by atoms with van der Waals surface area (Å²) in [7, 11) is 0. The van der Waals surface area contributed by atoms with Crippen molar-refractivity contribution >= 4 is 11.9 Å². The number of ether oxygens (including phenoxy) is 1. The van der Waals surface area contributed by atoms with E-state index in [1.54, 1.807) is 0 Å². The molecular formula is C26H25NO3. The average Bonchev–Trinajstić information content (AvgIpc) is 3.06. The van der Waals surface area contributed by atoms with Crippen molar-refractivity contribution < 1.29 is 14.3 Å². The van der Waals surface area contributed by atoms with Gasteiger partial charge in [-0.15, -0.1) is 0 Å². The largest absolute Gasteiger partial charge is 0.451 e. The van der Waals surface area contributed by atoms with E-state index in [-0.39, 0.29) is 18.2 Å². The van der Waals surface area contributed by atoms with Crippen molar-refractivity contribution in [3.05, 3.63) is 95.6 Å². The van der Waals surface area contributed by atoms with E-state index in [0.717, 1.165) is 27.8 Å². The molecule has 3 aromatic carbocycles. The second-order valence-corrected chi connectivity index (χ2v) is 7.94. The van der Waals surface area contributed by atoms with E-state index in [1.165, 1.54) is 0 Å². The van der Waals surface area contributed by atoms with E-state index in [4.69, 9.17) is 4.74 Å². The van der Waals surface area contributed by atoms with E-state index < -0.39 is 18.1 Å². The number of rotatable bonds is 6. The molecule has 1 aliphatic carbocycles. The highest BCUT2D eigenvalue weighted by Gasteiger charge is 2.34. The quantitative estimate of drug-likeness (QED) is 0.612. The molecule has 0 saturated heterocycles. The first kappa shape index (κ1) is 19.9. The van der Waals surface area contributed by atoms with Crippen LogP contribution in [0.15, 0.2) is 78.9 Å². The number of carbonyl (C=O) groups is 2. The SMILES string of the molecule is CC(C)[C@H](NC(=O)Cc1ccccc1)C(=O)OC1c2ccccc2-c2ccccc21. The van der Waals surface area contributed by atoms with Crippen molar-refractivity contribution in [2.24, 2.45) is 5.92 Å². The van der Waals surface area contributed by atoms with Gasteiger partial charge in [0.2, 0.25) is 5.91 Å². The molecule has 1 amide bonds. The van der Waals surface area contributed by atoms with Crippen LogP contribution >= 0.6 is 0 Å². The van der Waals surface area contributed by atoms with Crippen LogP contribution in [-0.4, -0.2) is 17.9 Å². The molecule has 4 nitrogen and oxygen atoms in total. The molecule has 152 valence electrons. The van der Waals surface area contributed by atoms with Crippen LogP contribution in [0.1, 0.15) is 36.6 Å². The van der Waals surface area contributed by atoms with E-state index in [0.29, 0.717) is 0 Å². The standard InChI is InChI=1S/C26H25NO3/c1-17(2)24(27-23(28)16-18-10-4-3-5-11-18)26(29)30-25-21-14-8-6-12-19(21)20-13-7-9-15-22(20)25/h3-15,17,24-25H,16H2,1-2H3,(H,27,28)/t24-/m0/s1. The molecule has 0 aliphatic heterocycles. The Morgan fingerprint density at radius 3 is 1.93 bits per heavy atom. The Hall–Kier alpha value is -3.40. The predicted molar refractivity (Wildman–Crippen MR) is 117 cm³/mol. The molecule has 0 unspecified atom stereocenters. The van der Waals surface area contributed by atoms with Crippen LogP contribution in [0.2, 0.25) is 0 Å². The molecule has 4 heteroatoms. The smallest absolute Gasteiger partial charge is 0.329 e. The fourth-order valence-electron chi connectivity index (χ4n) is 3.93. The number of nitrogens with one attached hydrogen (secondary N) is 1. The van der Waals surface area contributed by atoms with Gasteiger partial charge in [-0.2, -0.15) is 0 Å². The average molecular weight is 399 g/mol. The lowest BCUT2D eigenvalue weighted by Crippen LogP contribution is -2.46. The molecule has 0 saturated carbocycles. The summed E-state index contributed by atoms with van der Waals surface area (Å²) in [4.78, 5) is 25.7. The number of benzene rings is 3. The van der Waals surface area contributed by atoms with Crippen molar-refractivity contribution in [1.82, 2.24) is 5.32 Å². The van der Waals surface area contributed by atoms with Gasteiger partial charge in [0.05, 0.1) is 6.42 Å². The lowest BCUT2D eigenvalue weighted by molar-refractivity contribution is -0.152. The zero-order chi connectivity index (χ0) is 21.1. The topological polar surface area (TPSA) is 55.4 Å². The maximum absolute atomic E-state index is 13.1. The Kier molecular flexibility index (Phi) is 5.66. The van der Waals surface area contributed by atoms with Crippen LogP contribution in [0.4, 0.5) is 0 Å². The van der Waals surface area contributed by atoms with Crippen LogP contribution in [0, 0.1) is 5.92 Å². The van der Waals surface area contributed by atoms with Crippen LogP contribution in [-0.2, 0) is 20.7 Å². The number of hydrogen-bond acceptors (Lipinski definition) is 3. The highest BCUT2D eigenvalue weighted by atomic mass is 16.5. The molecule has 0 spiro atoms. The molecule has 1 aliphatic rings. The number of esters is 1. The summed E-state index contributed by atoms with van der Waals surface area (Å²) < 4.78 is 5.99. The predicted octanol–water partition coefficient (Wildman–Crippen LogP) is 4.68. The number of carbonyl (C=O) groups excluding carboxylic acids is 2. The van der Waals surface area contributed by atoms with Crippen LogP contribution in [0.3, 0.4) is 0 Å². The molecule has 3 aromatic rings. The highest BCUT2D eigenvalue weighted by molar-refractivity contribution is 5.87. The summed E-state index contributed by atoms with van der Waals surface area (Å²) in [5.41, 5.74) is 5.03. The van der Waals surface area contributed by atoms with Crippen molar-refractivity contribution in [3.8, 4) is 11.1 Å². The second-order valence-electron chi connectivity index (χ2n) is 7.94. The third kappa shape index (κ3) is 3.99. The van der Waals surface area contributed by atoms with Gasteiger partial charge in [0.1, 0.15) is 6.04 Å². The minimum atomic E-state index is -0.707. The van der Waals surface area contributed by atoms with E-state index in [9.17, 15) is 9.59 Å².